The molecule has 1 amide bonds. The maximum absolute atomic E-state index is 12.9. The fourth-order valence-electron chi connectivity index (χ4n) is 2.63. The van der Waals surface area contributed by atoms with Crippen molar-refractivity contribution in [2.45, 2.75) is 52.2 Å². The molecule has 8 heteroatoms. The van der Waals surface area contributed by atoms with E-state index in [2.05, 4.69) is 17.1 Å². The van der Waals surface area contributed by atoms with Gasteiger partial charge in [-0.1, -0.05) is 19.1 Å². The first kappa shape index (κ1) is 22.8. The maximum Gasteiger partial charge on any atom is 0.317 e. The van der Waals surface area contributed by atoms with Crippen LogP contribution >= 0.6 is 0 Å². The molecule has 148 valence electrons. The first-order valence-corrected chi connectivity index (χ1v) is 10.1. The third kappa shape index (κ3) is 7.19. The van der Waals surface area contributed by atoms with Crippen molar-refractivity contribution in [2.24, 2.45) is 5.18 Å². The van der Waals surface area contributed by atoms with Gasteiger partial charge in [0.05, 0.1) is 11.0 Å². The van der Waals surface area contributed by atoms with Gasteiger partial charge in [0.15, 0.2) is 0 Å². The molecule has 0 bridgehead atoms. The van der Waals surface area contributed by atoms with E-state index in [4.69, 9.17) is 4.74 Å². The van der Waals surface area contributed by atoms with Crippen LogP contribution in [0.1, 0.15) is 40.5 Å². The van der Waals surface area contributed by atoms with Crippen LogP contribution in [0, 0.1) is 4.91 Å². The van der Waals surface area contributed by atoms with Gasteiger partial charge in [-0.3, -0.25) is 4.79 Å². The lowest BCUT2D eigenvalue weighted by atomic mass is 10.1. The zero-order valence-corrected chi connectivity index (χ0v) is 17.3. The number of rotatable bonds is 8. The van der Waals surface area contributed by atoms with Crippen molar-refractivity contribution in [3.63, 3.8) is 0 Å². The Labute approximate surface area is 159 Å². The van der Waals surface area contributed by atoms with Crippen LogP contribution in [-0.4, -0.2) is 64.3 Å². The minimum absolute atomic E-state index is 0.428. The summed E-state index contributed by atoms with van der Waals surface area (Å²) < 4.78 is 20.5. The van der Waals surface area contributed by atoms with Crippen LogP contribution in [0.15, 0.2) is 28.3 Å². The SMILES string of the molecule is CC/C=C(\C=C/C(C)OC(C)(C)C(=O)N=O)S(=O)N1CCCN(C)CC1. The highest BCUT2D eigenvalue weighted by molar-refractivity contribution is 7.86. The second-order valence-electron chi connectivity index (χ2n) is 6.94. The third-order valence-electron chi connectivity index (χ3n) is 4.13. The molecule has 2 unspecified atom stereocenters. The first-order chi connectivity index (χ1) is 12.2. The molecule has 0 N–H and O–H groups in total. The van der Waals surface area contributed by atoms with E-state index >= 15 is 0 Å². The van der Waals surface area contributed by atoms with Crippen molar-refractivity contribution in [3.05, 3.63) is 28.0 Å². The topological polar surface area (TPSA) is 79.3 Å². The van der Waals surface area contributed by atoms with E-state index in [1.54, 1.807) is 19.1 Å². The molecule has 0 aromatic rings. The summed E-state index contributed by atoms with van der Waals surface area (Å²) in [7, 11) is 0.845. The zero-order valence-electron chi connectivity index (χ0n) is 16.4. The molecule has 26 heavy (non-hydrogen) atoms. The second kappa shape index (κ2) is 10.8. The van der Waals surface area contributed by atoms with Gasteiger partial charge in [0.1, 0.15) is 16.6 Å². The van der Waals surface area contributed by atoms with Gasteiger partial charge in [0.2, 0.25) is 0 Å². The monoisotopic (exact) mass is 385 g/mol. The van der Waals surface area contributed by atoms with Gasteiger partial charge in [-0.25, -0.2) is 8.51 Å². The fourth-order valence-corrected chi connectivity index (χ4v) is 3.98. The van der Waals surface area contributed by atoms with Crippen LogP contribution in [0.25, 0.3) is 0 Å². The Bertz CT molecular complexity index is 575. The molecule has 0 spiro atoms. The number of allylic oxidation sites excluding steroid dienone is 2. The normalized spacial score (nSPS) is 20.7. The first-order valence-electron chi connectivity index (χ1n) is 9.00. The van der Waals surface area contributed by atoms with Crippen molar-refractivity contribution >= 4 is 16.9 Å². The number of amides is 1. The molecule has 0 radical (unpaired) electrons. The molecule has 1 rings (SSSR count). The minimum Gasteiger partial charge on any atom is -0.359 e. The molecular weight excluding hydrogens is 354 g/mol. The Morgan fingerprint density at radius 2 is 2.00 bits per heavy atom. The molecule has 0 aromatic heterocycles. The van der Waals surface area contributed by atoms with Crippen molar-refractivity contribution in [1.82, 2.24) is 9.21 Å². The van der Waals surface area contributed by atoms with Gasteiger partial charge < -0.3 is 9.64 Å². The highest BCUT2D eigenvalue weighted by Gasteiger charge is 2.31. The van der Waals surface area contributed by atoms with Crippen LogP contribution in [0.5, 0.6) is 0 Å². The quantitative estimate of drug-likeness (QED) is 0.474. The van der Waals surface area contributed by atoms with E-state index in [1.165, 1.54) is 13.8 Å². The molecule has 1 saturated heterocycles. The lowest BCUT2D eigenvalue weighted by Crippen LogP contribution is -2.36. The Morgan fingerprint density at radius 3 is 2.62 bits per heavy atom. The van der Waals surface area contributed by atoms with E-state index in [0.29, 0.717) is 0 Å². The maximum atomic E-state index is 12.9. The number of carbonyl (C=O) groups excluding carboxylic acids is 1. The standard InChI is InChI=1S/C18H31N3O4S/c1-6-8-16(26(24)21-12-7-11-20(5)13-14-21)10-9-15(2)25-18(3,4)17(22)19-23/h8-10,15H,6-7,11-14H2,1-5H3/b10-9-,16-8+. The van der Waals surface area contributed by atoms with Gasteiger partial charge in [0.25, 0.3) is 0 Å². The largest absolute Gasteiger partial charge is 0.359 e. The molecule has 1 fully saturated rings. The number of hydrogen-bond donors (Lipinski definition) is 0. The van der Waals surface area contributed by atoms with Gasteiger partial charge >= 0.3 is 5.91 Å². The van der Waals surface area contributed by atoms with E-state index < -0.39 is 28.6 Å². The summed E-state index contributed by atoms with van der Waals surface area (Å²) in [5.74, 6) is -0.848. The zero-order chi connectivity index (χ0) is 19.7. The minimum atomic E-state index is -1.28. The van der Waals surface area contributed by atoms with Crippen LogP contribution in [-0.2, 0) is 20.5 Å². The van der Waals surface area contributed by atoms with E-state index in [-0.39, 0.29) is 0 Å². The Kier molecular flexibility index (Phi) is 9.49. The van der Waals surface area contributed by atoms with Gasteiger partial charge in [-0.2, -0.15) is 0 Å². The summed E-state index contributed by atoms with van der Waals surface area (Å²) in [6.07, 6.45) is 6.81. The van der Waals surface area contributed by atoms with Gasteiger partial charge in [-0.15, -0.1) is 4.91 Å². The number of nitrogens with zero attached hydrogens (tertiary/aromatic N) is 3. The van der Waals surface area contributed by atoms with Gasteiger partial charge in [-0.05, 0) is 53.3 Å². The summed E-state index contributed by atoms with van der Waals surface area (Å²) in [5, 5.41) is 2.43. The molecule has 2 atom stereocenters. The number of ether oxygens (including phenoxy) is 1. The summed E-state index contributed by atoms with van der Waals surface area (Å²) in [4.78, 5) is 24.9. The summed E-state index contributed by atoms with van der Waals surface area (Å²) in [5.41, 5.74) is -1.28. The summed E-state index contributed by atoms with van der Waals surface area (Å²) in [6, 6.07) is 0. The average Bonchev–Trinajstić information content (AvgIpc) is 2.81. The lowest BCUT2D eigenvalue weighted by Gasteiger charge is -2.23. The van der Waals surface area contributed by atoms with Crippen molar-refractivity contribution in [2.75, 3.05) is 33.2 Å². The lowest BCUT2D eigenvalue weighted by molar-refractivity contribution is -0.142. The molecule has 0 aliphatic carbocycles. The number of carbonyl (C=O) groups is 1. The Morgan fingerprint density at radius 1 is 1.31 bits per heavy atom. The van der Waals surface area contributed by atoms with Gasteiger partial charge in [0, 0.05) is 24.8 Å². The Hall–Kier alpha value is -1.22. The molecule has 1 heterocycles. The smallest absolute Gasteiger partial charge is 0.317 e. The number of likely N-dealkylation sites (N-methyl/N-ethyl adjacent to an activating group) is 1. The van der Waals surface area contributed by atoms with E-state index in [0.717, 1.165) is 43.9 Å². The highest BCUT2D eigenvalue weighted by Crippen LogP contribution is 2.18. The number of hydrogen-bond acceptors (Lipinski definition) is 5. The van der Waals surface area contributed by atoms with Crippen molar-refractivity contribution in [3.8, 4) is 0 Å². The second-order valence-corrected chi connectivity index (χ2v) is 8.42. The Balaban J connectivity index is 2.79. The predicted molar refractivity (Wildman–Crippen MR) is 105 cm³/mol. The highest BCUT2D eigenvalue weighted by atomic mass is 32.2. The molecular formula is C18H31N3O4S. The fraction of sp³-hybridized carbons (Fsp3) is 0.722. The van der Waals surface area contributed by atoms with Crippen LogP contribution in [0.4, 0.5) is 0 Å². The van der Waals surface area contributed by atoms with Crippen molar-refractivity contribution < 1.29 is 13.7 Å². The van der Waals surface area contributed by atoms with Crippen LogP contribution in [0.2, 0.25) is 0 Å². The molecule has 0 saturated carbocycles. The third-order valence-corrected chi connectivity index (χ3v) is 5.67. The summed E-state index contributed by atoms with van der Waals surface area (Å²) in [6.45, 7) is 10.2. The van der Waals surface area contributed by atoms with E-state index in [1.807, 2.05) is 17.3 Å². The van der Waals surface area contributed by atoms with Crippen LogP contribution in [0.3, 0.4) is 0 Å². The summed E-state index contributed by atoms with van der Waals surface area (Å²) >= 11 is 0. The number of nitroso groups, excluding NO2 is 1. The molecule has 7 nitrogen and oxygen atoms in total. The predicted octanol–water partition coefficient (Wildman–Crippen LogP) is 2.61. The van der Waals surface area contributed by atoms with Crippen LogP contribution < -0.4 is 0 Å². The van der Waals surface area contributed by atoms with Crippen molar-refractivity contribution in [1.29, 1.82) is 0 Å². The molecule has 1 aliphatic heterocycles. The molecule has 1 aliphatic rings. The van der Waals surface area contributed by atoms with E-state index in [9.17, 15) is 13.9 Å². The average molecular weight is 386 g/mol. The molecule has 0 aromatic carbocycles.